The Kier molecular flexibility index (Phi) is 7.07. The minimum atomic E-state index is -0.629. The van der Waals surface area contributed by atoms with E-state index in [2.05, 4.69) is 0 Å². The Bertz CT molecular complexity index is 1130. The van der Waals surface area contributed by atoms with Crippen LogP contribution in [-0.4, -0.2) is 29.3 Å². The number of nitro benzene ring substituents is 1. The highest BCUT2D eigenvalue weighted by Gasteiger charge is 2.13. The molecule has 0 amide bonds. The summed E-state index contributed by atoms with van der Waals surface area (Å²) in [6.07, 6.45) is -0.112. The maximum atomic E-state index is 12.2. The van der Waals surface area contributed by atoms with E-state index in [0.717, 1.165) is 5.56 Å². The average Bonchev–Trinajstić information content (AvgIpc) is 2.78. The number of benzene rings is 3. The van der Waals surface area contributed by atoms with Gasteiger partial charge in [0.2, 0.25) is 0 Å². The second-order valence-electron chi connectivity index (χ2n) is 6.96. The van der Waals surface area contributed by atoms with Crippen LogP contribution in [0, 0.1) is 17.0 Å². The van der Waals surface area contributed by atoms with Gasteiger partial charge in [0.15, 0.2) is 12.4 Å². The molecule has 0 aliphatic heterocycles. The molecule has 0 radical (unpaired) electrons. The highest BCUT2D eigenvalue weighted by Crippen LogP contribution is 2.16. The second-order valence-corrected chi connectivity index (χ2v) is 6.96. The number of nitrogens with zero attached hydrogens (tertiary/aromatic N) is 1. The van der Waals surface area contributed by atoms with Gasteiger partial charge in [0.25, 0.3) is 5.69 Å². The van der Waals surface area contributed by atoms with E-state index in [0.29, 0.717) is 16.7 Å². The van der Waals surface area contributed by atoms with Crippen molar-refractivity contribution in [2.45, 2.75) is 13.3 Å². The summed E-state index contributed by atoms with van der Waals surface area (Å²) in [5.41, 5.74) is 2.19. The van der Waals surface area contributed by atoms with Crippen molar-refractivity contribution in [1.29, 1.82) is 0 Å². The molecule has 0 fully saturated rings. The Hall–Kier alpha value is -4.33. The first kappa shape index (κ1) is 22.4. The van der Waals surface area contributed by atoms with Crippen LogP contribution in [0.2, 0.25) is 0 Å². The van der Waals surface area contributed by atoms with Gasteiger partial charge in [-0.1, -0.05) is 29.8 Å². The van der Waals surface area contributed by atoms with Crippen molar-refractivity contribution in [2.75, 3.05) is 6.61 Å². The minimum Gasteiger partial charge on any atom is -0.457 e. The number of hydrogen-bond donors (Lipinski definition) is 0. The molecule has 0 aromatic heterocycles. The number of ketones is 1. The van der Waals surface area contributed by atoms with Crippen LogP contribution in [0.3, 0.4) is 0 Å². The minimum absolute atomic E-state index is 0.0784. The van der Waals surface area contributed by atoms with Crippen LogP contribution in [0.4, 0.5) is 5.69 Å². The highest BCUT2D eigenvalue weighted by molar-refractivity contribution is 5.98. The predicted octanol–water partition coefficient (Wildman–Crippen LogP) is 4.09. The van der Waals surface area contributed by atoms with E-state index in [1.807, 2.05) is 6.92 Å². The zero-order chi connectivity index (χ0) is 23.1. The van der Waals surface area contributed by atoms with E-state index in [1.165, 1.54) is 48.5 Å². The lowest BCUT2D eigenvalue weighted by Crippen LogP contribution is -2.15. The number of hydrogen-bond acceptors (Lipinski definition) is 7. The summed E-state index contributed by atoms with van der Waals surface area (Å²) >= 11 is 0. The highest BCUT2D eigenvalue weighted by atomic mass is 16.6. The SMILES string of the molecule is Cc1ccc(C(=O)Oc2ccc(C(=O)COC(=O)Cc3ccc([N+](=O)[O-])cc3)cc2)cc1. The molecule has 0 saturated heterocycles. The van der Waals surface area contributed by atoms with Gasteiger partial charge in [0.05, 0.1) is 16.9 Å². The molecule has 162 valence electrons. The number of ether oxygens (including phenoxy) is 2. The third-order valence-electron chi connectivity index (χ3n) is 4.53. The Morgan fingerprint density at radius 1 is 0.844 bits per heavy atom. The first-order valence-corrected chi connectivity index (χ1v) is 9.63. The summed E-state index contributed by atoms with van der Waals surface area (Å²) in [7, 11) is 0. The summed E-state index contributed by atoms with van der Waals surface area (Å²) in [6, 6.07) is 18.4. The lowest BCUT2D eigenvalue weighted by atomic mass is 10.1. The van der Waals surface area contributed by atoms with Gasteiger partial charge in [-0.05, 0) is 48.9 Å². The van der Waals surface area contributed by atoms with Crippen LogP contribution in [0.1, 0.15) is 31.8 Å². The van der Waals surface area contributed by atoms with Crippen molar-refractivity contribution >= 4 is 23.4 Å². The number of Topliss-reactive ketones (excluding diaryl/α,β-unsaturated/α-hetero) is 1. The number of carbonyl (C=O) groups excluding carboxylic acids is 3. The van der Waals surface area contributed by atoms with Crippen molar-refractivity contribution in [3.63, 3.8) is 0 Å². The zero-order valence-electron chi connectivity index (χ0n) is 17.1. The van der Waals surface area contributed by atoms with E-state index in [-0.39, 0.29) is 17.9 Å². The molecule has 0 heterocycles. The van der Waals surface area contributed by atoms with Crippen molar-refractivity contribution in [2.24, 2.45) is 0 Å². The first-order valence-electron chi connectivity index (χ1n) is 9.63. The molecule has 0 unspecified atom stereocenters. The topological polar surface area (TPSA) is 113 Å². The molecule has 3 aromatic rings. The Morgan fingerprint density at radius 3 is 2.03 bits per heavy atom. The molecule has 8 heteroatoms. The molecule has 3 aromatic carbocycles. The maximum absolute atomic E-state index is 12.2. The number of rotatable bonds is 8. The Balaban J connectivity index is 1.49. The summed E-state index contributed by atoms with van der Waals surface area (Å²) in [6.45, 7) is 1.46. The van der Waals surface area contributed by atoms with E-state index >= 15 is 0 Å². The summed E-state index contributed by atoms with van der Waals surface area (Å²) in [5.74, 6) is -1.28. The lowest BCUT2D eigenvalue weighted by Gasteiger charge is -2.07. The molecule has 0 atom stereocenters. The van der Waals surface area contributed by atoms with Gasteiger partial charge in [-0.25, -0.2) is 4.79 Å². The zero-order valence-corrected chi connectivity index (χ0v) is 17.1. The quantitative estimate of drug-likeness (QED) is 0.173. The molecule has 0 N–H and O–H groups in total. The Labute approximate surface area is 183 Å². The second kappa shape index (κ2) is 10.1. The molecular weight excluding hydrogens is 414 g/mol. The van der Waals surface area contributed by atoms with Crippen LogP contribution in [0.15, 0.2) is 72.8 Å². The maximum Gasteiger partial charge on any atom is 0.343 e. The Morgan fingerprint density at radius 2 is 1.44 bits per heavy atom. The van der Waals surface area contributed by atoms with E-state index < -0.39 is 29.3 Å². The number of aryl methyl sites for hydroxylation is 1. The molecule has 3 rings (SSSR count). The van der Waals surface area contributed by atoms with E-state index in [1.54, 1.807) is 24.3 Å². The van der Waals surface area contributed by atoms with Crippen molar-refractivity contribution in [1.82, 2.24) is 0 Å². The lowest BCUT2D eigenvalue weighted by molar-refractivity contribution is -0.384. The average molecular weight is 433 g/mol. The van der Waals surface area contributed by atoms with E-state index in [4.69, 9.17) is 9.47 Å². The van der Waals surface area contributed by atoms with Crippen LogP contribution < -0.4 is 4.74 Å². The molecule has 32 heavy (non-hydrogen) atoms. The van der Waals surface area contributed by atoms with Crippen LogP contribution in [0.5, 0.6) is 5.75 Å². The van der Waals surface area contributed by atoms with Gasteiger partial charge in [0.1, 0.15) is 5.75 Å². The number of nitro groups is 1. The predicted molar refractivity (Wildman–Crippen MR) is 115 cm³/mol. The molecular formula is C24H19NO7. The van der Waals surface area contributed by atoms with E-state index in [9.17, 15) is 24.5 Å². The summed E-state index contributed by atoms with van der Waals surface area (Å²) in [5, 5.41) is 10.6. The van der Waals surface area contributed by atoms with Gasteiger partial charge < -0.3 is 9.47 Å². The van der Waals surface area contributed by atoms with Crippen molar-refractivity contribution in [3.05, 3.63) is 105 Å². The molecule has 0 saturated carbocycles. The van der Waals surface area contributed by atoms with Gasteiger partial charge in [-0.3, -0.25) is 19.7 Å². The smallest absolute Gasteiger partial charge is 0.343 e. The first-order chi connectivity index (χ1) is 15.3. The summed E-state index contributed by atoms with van der Waals surface area (Å²) < 4.78 is 10.3. The third-order valence-corrected chi connectivity index (χ3v) is 4.53. The summed E-state index contributed by atoms with van der Waals surface area (Å²) in [4.78, 5) is 46.4. The van der Waals surface area contributed by atoms with Crippen LogP contribution in [0.25, 0.3) is 0 Å². The van der Waals surface area contributed by atoms with Gasteiger partial charge in [-0.15, -0.1) is 0 Å². The van der Waals surface area contributed by atoms with Gasteiger partial charge in [-0.2, -0.15) is 0 Å². The molecule has 0 spiro atoms. The molecule has 0 aliphatic carbocycles. The van der Waals surface area contributed by atoms with Crippen LogP contribution in [-0.2, 0) is 16.0 Å². The fourth-order valence-electron chi connectivity index (χ4n) is 2.75. The third kappa shape index (κ3) is 6.09. The normalized spacial score (nSPS) is 10.3. The molecule has 0 aliphatic rings. The monoisotopic (exact) mass is 433 g/mol. The number of non-ortho nitro benzene ring substituents is 1. The van der Waals surface area contributed by atoms with Crippen LogP contribution >= 0.6 is 0 Å². The van der Waals surface area contributed by atoms with Crippen molar-refractivity contribution < 1.29 is 28.8 Å². The number of carbonyl (C=O) groups is 3. The fourth-order valence-corrected chi connectivity index (χ4v) is 2.75. The van der Waals surface area contributed by atoms with Gasteiger partial charge >= 0.3 is 11.9 Å². The molecule has 0 bridgehead atoms. The standard InChI is InChI=1S/C24H19NO7/c1-16-2-6-19(7-3-16)24(28)32-21-12-8-18(9-13-21)22(26)15-31-23(27)14-17-4-10-20(11-5-17)25(29)30/h2-13H,14-15H2,1H3. The number of esters is 2. The molecule has 8 nitrogen and oxygen atoms in total. The van der Waals surface area contributed by atoms with Gasteiger partial charge in [0, 0.05) is 17.7 Å². The largest absolute Gasteiger partial charge is 0.457 e. The van der Waals surface area contributed by atoms with Crippen molar-refractivity contribution in [3.8, 4) is 5.75 Å². The fraction of sp³-hybridized carbons (Fsp3) is 0.125.